The van der Waals surface area contributed by atoms with Gasteiger partial charge >= 0.3 is 0 Å². The molecule has 0 spiro atoms. The molecule has 90 valence electrons. The van der Waals surface area contributed by atoms with Crippen molar-refractivity contribution in [1.82, 2.24) is 0 Å². The van der Waals surface area contributed by atoms with Crippen molar-refractivity contribution in [2.24, 2.45) is 5.92 Å². The van der Waals surface area contributed by atoms with Crippen LogP contribution < -0.4 is 9.64 Å². The van der Waals surface area contributed by atoms with Crippen LogP contribution >= 0.6 is 0 Å². The Morgan fingerprint density at radius 3 is 2.94 bits per heavy atom. The number of carbonyl (C=O) groups is 1. The van der Waals surface area contributed by atoms with Crippen molar-refractivity contribution in [2.75, 3.05) is 18.6 Å². The first-order valence-electron chi connectivity index (χ1n) is 5.45. The monoisotopic (exact) mass is 233 g/mol. The van der Waals surface area contributed by atoms with Crippen LogP contribution in [0.4, 0.5) is 5.69 Å². The van der Waals surface area contributed by atoms with E-state index in [0.29, 0.717) is 18.7 Å². The summed E-state index contributed by atoms with van der Waals surface area (Å²) in [4.78, 5) is 13.5. The fourth-order valence-corrected chi connectivity index (χ4v) is 1.98. The van der Waals surface area contributed by atoms with Crippen molar-refractivity contribution in [3.63, 3.8) is 0 Å². The van der Waals surface area contributed by atoms with Gasteiger partial charge in [0, 0.05) is 30.6 Å². The van der Waals surface area contributed by atoms with Gasteiger partial charge in [-0.15, -0.1) is 6.58 Å². The fraction of sp³-hybridized carbons (Fsp3) is 0.308. The maximum atomic E-state index is 11.8. The molecule has 1 unspecified atom stereocenters. The number of methoxy groups -OCH3 is 1. The van der Waals surface area contributed by atoms with E-state index in [1.54, 1.807) is 23.1 Å². The molecule has 1 N–H and O–H groups in total. The number of hydrogen-bond acceptors (Lipinski definition) is 3. The molecule has 17 heavy (non-hydrogen) atoms. The van der Waals surface area contributed by atoms with E-state index < -0.39 is 0 Å². The lowest BCUT2D eigenvalue weighted by Gasteiger charge is -2.17. The number of phenolic OH excluding ortho intramolecular Hbond substituents is 1. The lowest BCUT2D eigenvalue weighted by Crippen LogP contribution is -2.24. The second-order valence-electron chi connectivity index (χ2n) is 4.06. The Hall–Kier alpha value is -1.97. The molecular formula is C13H15NO3. The Bertz CT molecular complexity index is 456. The van der Waals surface area contributed by atoms with Gasteiger partial charge in [0.1, 0.15) is 0 Å². The lowest BCUT2D eigenvalue weighted by molar-refractivity contribution is -0.117. The molecule has 0 aliphatic carbocycles. The molecule has 1 aliphatic heterocycles. The Balaban J connectivity index is 2.28. The van der Waals surface area contributed by atoms with Gasteiger partial charge in [0.25, 0.3) is 0 Å². The average Bonchev–Trinajstić information content (AvgIpc) is 2.71. The van der Waals surface area contributed by atoms with Gasteiger partial charge in [0.2, 0.25) is 5.91 Å². The summed E-state index contributed by atoms with van der Waals surface area (Å²) >= 11 is 0. The van der Waals surface area contributed by atoms with Crippen molar-refractivity contribution >= 4 is 11.6 Å². The number of carbonyl (C=O) groups excluding carboxylic acids is 1. The summed E-state index contributed by atoms with van der Waals surface area (Å²) in [6.07, 6.45) is 2.29. The molecule has 1 fully saturated rings. The van der Waals surface area contributed by atoms with Crippen molar-refractivity contribution in [1.29, 1.82) is 0 Å². The molecule has 1 aliphatic rings. The lowest BCUT2D eigenvalue weighted by atomic mass is 10.1. The summed E-state index contributed by atoms with van der Waals surface area (Å²) in [6.45, 7) is 4.34. The molecule has 0 radical (unpaired) electrons. The van der Waals surface area contributed by atoms with Gasteiger partial charge in [0.15, 0.2) is 11.5 Å². The number of phenols is 1. The van der Waals surface area contributed by atoms with E-state index in [4.69, 9.17) is 4.74 Å². The number of ether oxygens (including phenoxy) is 1. The Kier molecular flexibility index (Phi) is 3.04. The van der Waals surface area contributed by atoms with Crippen LogP contribution in [-0.4, -0.2) is 24.7 Å². The van der Waals surface area contributed by atoms with Crippen LogP contribution in [0.1, 0.15) is 6.42 Å². The summed E-state index contributed by atoms with van der Waals surface area (Å²) in [7, 11) is 1.48. The number of benzene rings is 1. The Morgan fingerprint density at radius 1 is 1.59 bits per heavy atom. The molecule has 0 saturated carbocycles. The van der Waals surface area contributed by atoms with Crippen LogP contribution in [0.2, 0.25) is 0 Å². The number of aromatic hydroxyl groups is 1. The number of nitrogens with zero attached hydrogens (tertiary/aromatic N) is 1. The van der Waals surface area contributed by atoms with Gasteiger partial charge < -0.3 is 14.7 Å². The molecule has 1 amide bonds. The van der Waals surface area contributed by atoms with Crippen LogP contribution in [0, 0.1) is 5.92 Å². The van der Waals surface area contributed by atoms with Crippen molar-refractivity contribution < 1.29 is 14.6 Å². The highest BCUT2D eigenvalue weighted by Crippen LogP contribution is 2.33. The number of anilines is 1. The zero-order chi connectivity index (χ0) is 12.4. The highest BCUT2D eigenvalue weighted by molar-refractivity contribution is 5.96. The van der Waals surface area contributed by atoms with Crippen molar-refractivity contribution in [2.45, 2.75) is 6.42 Å². The highest BCUT2D eigenvalue weighted by atomic mass is 16.5. The quantitative estimate of drug-likeness (QED) is 0.812. The van der Waals surface area contributed by atoms with Crippen LogP contribution in [0.15, 0.2) is 30.9 Å². The van der Waals surface area contributed by atoms with E-state index in [1.165, 1.54) is 13.2 Å². The third-order valence-electron chi connectivity index (χ3n) is 2.96. The van der Waals surface area contributed by atoms with Gasteiger partial charge in [-0.05, 0) is 12.1 Å². The van der Waals surface area contributed by atoms with Crippen molar-refractivity contribution in [3.05, 3.63) is 30.9 Å². The minimum absolute atomic E-state index is 0.0719. The molecule has 2 rings (SSSR count). The molecular weight excluding hydrogens is 218 g/mol. The van der Waals surface area contributed by atoms with E-state index in [2.05, 4.69) is 6.58 Å². The van der Waals surface area contributed by atoms with Gasteiger partial charge in [-0.2, -0.15) is 0 Å². The molecule has 4 nitrogen and oxygen atoms in total. The van der Waals surface area contributed by atoms with E-state index >= 15 is 0 Å². The second-order valence-corrected chi connectivity index (χ2v) is 4.06. The van der Waals surface area contributed by atoms with E-state index in [9.17, 15) is 9.90 Å². The first-order chi connectivity index (χ1) is 8.15. The summed E-state index contributed by atoms with van der Waals surface area (Å²) < 4.78 is 5.03. The van der Waals surface area contributed by atoms with Crippen LogP contribution in [0.25, 0.3) is 0 Å². The third-order valence-corrected chi connectivity index (χ3v) is 2.96. The molecule has 1 saturated heterocycles. The van der Waals surface area contributed by atoms with Crippen LogP contribution in [-0.2, 0) is 4.79 Å². The van der Waals surface area contributed by atoms with E-state index in [1.807, 2.05) is 0 Å². The van der Waals surface area contributed by atoms with Crippen LogP contribution in [0.3, 0.4) is 0 Å². The van der Waals surface area contributed by atoms with Crippen molar-refractivity contribution in [3.8, 4) is 11.5 Å². The molecule has 1 aromatic rings. The van der Waals surface area contributed by atoms with Gasteiger partial charge in [0.05, 0.1) is 7.11 Å². The normalized spacial score (nSPS) is 19.5. The topological polar surface area (TPSA) is 49.8 Å². The first-order valence-corrected chi connectivity index (χ1v) is 5.45. The fourth-order valence-electron chi connectivity index (χ4n) is 1.98. The Morgan fingerprint density at radius 2 is 2.35 bits per heavy atom. The zero-order valence-corrected chi connectivity index (χ0v) is 9.72. The maximum Gasteiger partial charge on any atom is 0.227 e. The summed E-state index contributed by atoms with van der Waals surface area (Å²) in [5, 5.41) is 9.50. The number of rotatable bonds is 3. The van der Waals surface area contributed by atoms with Gasteiger partial charge in [-0.25, -0.2) is 0 Å². The molecule has 1 heterocycles. The highest BCUT2D eigenvalue weighted by Gasteiger charge is 2.29. The molecule has 0 aromatic heterocycles. The predicted octanol–water partition coefficient (Wildman–Crippen LogP) is 1.94. The minimum Gasteiger partial charge on any atom is -0.504 e. The summed E-state index contributed by atoms with van der Waals surface area (Å²) in [5.41, 5.74) is 0.744. The summed E-state index contributed by atoms with van der Waals surface area (Å²) in [5.74, 6) is 0.713. The van der Waals surface area contributed by atoms with E-state index in [0.717, 1.165) is 5.69 Å². The zero-order valence-electron chi connectivity index (χ0n) is 9.72. The third kappa shape index (κ3) is 2.11. The first kappa shape index (κ1) is 11.5. The van der Waals surface area contributed by atoms with E-state index in [-0.39, 0.29) is 17.6 Å². The molecule has 4 heteroatoms. The molecule has 1 atom stereocenters. The minimum atomic E-state index is 0.0719. The van der Waals surface area contributed by atoms with Crippen LogP contribution in [0.5, 0.6) is 11.5 Å². The average molecular weight is 233 g/mol. The largest absolute Gasteiger partial charge is 0.504 e. The second kappa shape index (κ2) is 4.49. The molecule has 1 aromatic carbocycles. The Labute approximate surface area is 100 Å². The smallest absolute Gasteiger partial charge is 0.227 e. The van der Waals surface area contributed by atoms with Gasteiger partial charge in [-0.1, -0.05) is 6.08 Å². The standard InChI is InChI=1S/C13H15NO3/c1-3-9-6-13(16)14(8-9)10-4-5-11(15)12(7-10)17-2/h3-5,7,9,15H,1,6,8H2,2H3. The predicted molar refractivity (Wildman–Crippen MR) is 65.3 cm³/mol. The summed E-state index contributed by atoms with van der Waals surface area (Å²) in [6, 6.07) is 4.91. The number of hydrogen-bond donors (Lipinski definition) is 1. The SMILES string of the molecule is C=CC1CC(=O)N(c2ccc(O)c(OC)c2)C1. The maximum absolute atomic E-state index is 11.8. The molecule has 0 bridgehead atoms. The number of amides is 1. The van der Waals surface area contributed by atoms with Gasteiger partial charge in [-0.3, -0.25) is 4.79 Å².